The van der Waals surface area contributed by atoms with Crippen LogP contribution in [0.2, 0.25) is 0 Å². The summed E-state index contributed by atoms with van der Waals surface area (Å²) in [5, 5.41) is 2.99. The quantitative estimate of drug-likeness (QED) is 0.732. The van der Waals surface area contributed by atoms with E-state index >= 15 is 0 Å². The molecule has 0 radical (unpaired) electrons. The van der Waals surface area contributed by atoms with Crippen LogP contribution in [0.1, 0.15) is 19.3 Å². The van der Waals surface area contributed by atoms with Gasteiger partial charge in [0.1, 0.15) is 5.69 Å². The lowest BCUT2D eigenvalue weighted by molar-refractivity contribution is 0.578. The molecule has 1 heterocycles. The Kier molecular flexibility index (Phi) is 3.97. The Balaban J connectivity index is 2.31. The Morgan fingerprint density at radius 3 is 2.12 bits per heavy atom. The van der Waals surface area contributed by atoms with E-state index in [1.54, 1.807) is 0 Å². The van der Waals surface area contributed by atoms with Crippen molar-refractivity contribution in [1.82, 2.24) is 0 Å². The van der Waals surface area contributed by atoms with Crippen LogP contribution < -0.4 is 4.90 Å². The van der Waals surface area contributed by atoms with Crippen molar-refractivity contribution in [3.05, 3.63) is 26.0 Å². The molecule has 0 unspecified atom stereocenters. The van der Waals surface area contributed by atoms with Crippen LogP contribution in [-0.2, 0) is 0 Å². The van der Waals surface area contributed by atoms with Crippen molar-refractivity contribution < 1.29 is 0 Å². The van der Waals surface area contributed by atoms with E-state index in [-0.39, 0.29) is 0 Å². The lowest BCUT2D eigenvalue weighted by Crippen LogP contribution is -2.29. The van der Waals surface area contributed by atoms with Crippen molar-refractivity contribution in [2.24, 2.45) is 5.18 Å². The second-order valence-corrected chi connectivity index (χ2v) is 5.61. The zero-order valence-corrected chi connectivity index (χ0v) is 11.9. The van der Waals surface area contributed by atoms with Gasteiger partial charge in [-0.05, 0) is 68.4 Å². The fourth-order valence-corrected chi connectivity index (χ4v) is 3.28. The summed E-state index contributed by atoms with van der Waals surface area (Å²) in [4.78, 5) is 13.0. The fraction of sp³-hybridized carbons (Fsp3) is 0.455. The summed E-state index contributed by atoms with van der Waals surface area (Å²) in [6, 6.07) is 3.93. The van der Waals surface area contributed by atoms with Gasteiger partial charge in [-0.1, -0.05) is 0 Å². The first-order chi connectivity index (χ1) is 7.72. The molecule has 3 nitrogen and oxygen atoms in total. The number of piperidine rings is 1. The minimum atomic E-state index is 0.431. The summed E-state index contributed by atoms with van der Waals surface area (Å²) < 4.78 is 1.50. The molecule has 1 aliphatic rings. The number of halogens is 2. The lowest BCUT2D eigenvalue weighted by Gasteiger charge is -2.29. The molecule has 1 aromatic carbocycles. The molecule has 1 saturated heterocycles. The van der Waals surface area contributed by atoms with Crippen molar-refractivity contribution >= 4 is 43.2 Å². The molecule has 2 rings (SSSR count). The molecule has 86 valence electrons. The van der Waals surface area contributed by atoms with Crippen molar-refractivity contribution in [1.29, 1.82) is 0 Å². The van der Waals surface area contributed by atoms with Crippen molar-refractivity contribution in [3.8, 4) is 0 Å². The Morgan fingerprint density at radius 2 is 1.62 bits per heavy atom. The van der Waals surface area contributed by atoms with Crippen LogP contribution in [0.3, 0.4) is 0 Å². The number of rotatable bonds is 2. The first-order valence-corrected chi connectivity index (χ1v) is 6.88. The van der Waals surface area contributed by atoms with Crippen LogP contribution in [0.5, 0.6) is 0 Å². The number of anilines is 1. The van der Waals surface area contributed by atoms with Gasteiger partial charge in [0.2, 0.25) is 0 Å². The van der Waals surface area contributed by atoms with Crippen LogP contribution in [0.4, 0.5) is 11.4 Å². The molecule has 1 aliphatic heterocycles. The number of nitroso groups, excluding NO2 is 1. The highest BCUT2D eigenvalue weighted by molar-refractivity contribution is 9.11. The van der Waals surface area contributed by atoms with E-state index in [9.17, 15) is 4.91 Å². The SMILES string of the molecule is O=Nc1c(Br)cc(N2CCCCC2)cc1Br. The summed E-state index contributed by atoms with van der Waals surface area (Å²) >= 11 is 6.75. The summed E-state index contributed by atoms with van der Waals surface area (Å²) in [7, 11) is 0. The van der Waals surface area contributed by atoms with E-state index in [1.165, 1.54) is 19.3 Å². The van der Waals surface area contributed by atoms with Crippen LogP contribution in [0.15, 0.2) is 26.3 Å². The Labute approximate surface area is 111 Å². The minimum Gasteiger partial charge on any atom is -0.371 e. The van der Waals surface area contributed by atoms with Gasteiger partial charge in [-0.15, -0.1) is 4.91 Å². The molecule has 0 N–H and O–H groups in total. The van der Waals surface area contributed by atoms with Gasteiger partial charge >= 0.3 is 0 Å². The van der Waals surface area contributed by atoms with E-state index in [0.29, 0.717) is 5.69 Å². The molecule has 1 fully saturated rings. The number of nitrogens with zero attached hydrogens (tertiary/aromatic N) is 2. The molecular formula is C11H12Br2N2O. The first-order valence-electron chi connectivity index (χ1n) is 5.29. The van der Waals surface area contributed by atoms with Gasteiger partial charge in [0.25, 0.3) is 0 Å². The third kappa shape index (κ3) is 2.46. The van der Waals surface area contributed by atoms with Gasteiger partial charge in [0.05, 0.1) is 0 Å². The smallest absolute Gasteiger partial charge is 0.136 e. The third-order valence-corrected chi connectivity index (χ3v) is 4.02. The maximum Gasteiger partial charge on any atom is 0.136 e. The molecule has 0 spiro atoms. The molecule has 5 heteroatoms. The maximum atomic E-state index is 10.6. The molecule has 0 amide bonds. The van der Waals surface area contributed by atoms with Crippen LogP contribution >= 0.6 is 31.9 Å². The first kappa shape index (κ1) is 12.0. The average Bonchev–Trinajstić information content (AvgIpc) is 2.30. The standard InChI is InChI=1S/C11H12Br2N2O/c12-9-6-8(7-10(13)11(9)14-16)15-4-2-1-3-5-15/h6-7H,1-5H2. The lowest BCUT2D eigenvalue weighted by atomic mass is 10.1. The Bertz CT molecular complexity index is 380. The van der Waals surface area contributed by atoms with Crippen LogP contribution in [-0.4, -0.2) is 13.1 Å². The monoisotopic (exact) mass is 346 g/mol. The fourth-order valence-electron chi connectivity index (χ4n) is 1.97. The number of hydrogen-bond donors (Lipinski definition) is 0. The second-order valence-electron chi connectivity index (χ2n) is 3.90. The average molecular weight is 348 g/mol. The highest BCUT2D eigenvalue weighted by Gasteiger charge is 2.14. The van der Waals surface area contributed by atoms with Gasteiger partial charge in [-0.3, -0.25) is 0 Å². The zero-order chi connectivity index (χ0) is 11.5. The summed E-state index contributed by atoms with van der Waals surface area (Å²) in [6.45, 7) is 2.18. The summed E-state index contributed by atoms with van der Waals surface area (Å²) in [5.74, 6) is 0. The number of benzene rings is 1. The van der Waals surface area contributed by atoms with E-state index in [2.05, 4.69) is 41.9 Å². The van der Waals surface area contributed by atoms with Gasteiger partial charge in [0, 0.05) is 27.7 Å². The van der Waals surface area contributed by atoms with Crippen LogP contribution in [0.25, 0.3) is 0 Å². The third-order valence-electron chi connectivity index (χ3n) is 2.81. The molecular weight excluding hydrogens is 336 g/mol. The zero-order valence-electron chi connectivity index (χ0n) is 8.75. The van der Waals surface area contributed by atoms with Crippen molar-refractivity contribution in [2.45, 2.75) is 19.3 Å². The van der Waals surface area contributed by atoms with Gasteiger partial charge in [-0.25, -0.2) is 0 Å². The Morgan fingerprint density at radius 1 is 1.06 bits per heavy atom. The van der Waals surface area contributed by atoms with E-state index in [0.717, 1.165) is 27.7 Å². The topological polar surface area (TPSA) is 32.7 Å². The van der Waals surface area contributed by atoms with Crippen molar-refractivity contribution in [3.63, 3.8) is 0 Å². The normalized spacial score (nSPS) is 16.2. The molecule has 1 aromatic rings. The predicted molar refractivity (Wildman–Crippen MR) is 73.4 cm³/mol. The Hall–Kier alpha value is -0.420. The molecule has 0 aliphatic carbocycles. The van der Waals surface area contributed by atoms with Gasteiger partial charge < -0.3 is 4.90 Å². The number of hydrogen-bond acceptors (Lipinski definition) is 3. The minimum absolute atomic E-state index is 0.431. The van der Waals surface area contributed by atoms with Crippen LogP contribution in [0, 0.1) is 4.91 Å². The predicted octanol–water partition coefficient (Wildman–Crippen LogP) is 4.60. The van der Waals surface area contributed by atoms with Gasteiger partial charge in [0.15, 0.2) is 0 Å². The summed E-state index contributed by atoms with van der Waals surface area (Å²) in [5.41, 5.74) is 1.58. The van der Waals surface area contributed by atoms with E-state index in [4.69, 9.17) is 0 Å². The second kappa shape index (κ2) is 5.27. The van der Waals surface area contributed by atoms with E-state index < -0.39 is 0 Å². The maximum absolute atomic E-state index is 10.6. The summed E-state index contributed by atoms with van der Waals surface area (Å²) in [6.07, 6.45) is 3.79. The molecule has 0 bridgehead atoms. The molecule has 0 aromatic heterocycles. The van der Waals surface area contributed by atoms with Gasteiger partial charge in [-0.2, -0.15) is 0 Å². The largest absolute Gasteiger partial charge is 0.371 e. The highest BCUT2D eigenvalue weighted by atomic mass is 79.9. The highest BCUT2D eigenvalue weighted by Crippen LogP contribution is 2.38. The molecule has 16 heavy (non-hydrogen) atoms. The molecule has 0 saturated carbocycles. The molecule has 0 atom stereocenters. The van der Waals surface area contributed by atoms with Crippen molar-refractivity contribution in [2.75, 3.05) is 18.0 Å². The van der Waals surface area contributed by atoms with E-state index in [1.807, 2.05) is 12.1 Å².